The standard InChI is InChI=1S/C17H19F3N2O3/c1-25-14-10-6-5-8-12(14)16(24)22-21-13-9-4-2-3-7-11(13)15(23)17(18,19)20/h5-6,8,10,21H,2-4,7,9H2,1H3,(H,22,24). The number of hydrazine groups is 1. The number of alkyl halides is 3. The first-order chi connectivity index (χ1) is 11.8. The number of para-hydroxylation sites is 1. The fourth-order valence-corrected chi connectivity index (χ4v) is 2.67. The molecule has 136 valence electrons. The Kier molecular flexibility index (Phi) is 6.06. The van der Waals surface area contributed by atoms with Crippen LogP contribution in [0.15, 0.2) is 35.5 Å². The number of Topliss-reactive ketones (excluding diaryl/α,β-unsaturated/α-hetero) is 1. The molecular formula is C17H19F3N2O3. The summed E-state index contributed by atoms with van der Waals surface area (Å²) in [4.78, 5) is 23.9. The number of methoxy groups -OCH3 is 1. The van der Waals surface area contributed by atoms with Gasteiger partial charge in [0.2, 0.25) is 0 Å². The maximum Gasteiger partial charge on any atom is 0.454 e. The predicted molar refractivity (Wildman–Crippen MR) is 84.8 cm³/mol. The Labute approximate surface area is 143 Å². The third-order valence-electron chi connectivity index (χ3n) is 3.93. The van der Waals surface area contributed by atoms with Gasteiger partial charge in [0.1, 0.15) is 5.75 Å². The molecule has 1 aliphatic carbocycles. The summed E-state index contributed by atoms with van der Waals surface area (Å²) in [6.07, 6.45) is -2.77. The quantitative estimate of drug-likeness (QED) is 0.795. The number of hydrogen-bond donors (Lipinski definition) is 2. The average molecular weight is 356 g/mol. The molecule has 0 aliphatic heterocycles. The number of ketones is 1. The molecule has 8 heteroatoms. The Bertz CT molecular complexity index is 684. The Hall–Kier alpha value is -2.51. The van der Waals surface area contributed by atoms with Crippen molar-refractivity contribution in [2.45, 2.75) is 38.3 Å². The second kappa shape index (κ2) is 8.04. The lowest BCUT2D eigenvalue weighted by molar-refractivity contribution is -0.166. The summed E-state index contributed by atoms with van der Waals surface area (Å²) in [6, 6.07) is 6.45. The van der Waals surface area contributed by atoms with Crippen molar-refractivity contribution in [3.05, 3.63) is 41.1 Å². The molecule has 25 heavy (non-hydrogen) atoms. The normalized spacial score (nSPS) is 15.4. The highest BCUT2D eigenvalue weighted by Crippen LogP contribution is 2.29. The number of allylic oxidation sites excluding steroid dienone is 2. The van der Waals surface area contributed by atoms with E-state index in [0.29, 0.717) is 18.6 Å². The SMILES string of the molecule is COc1ccccc1C(=O)NNC1=C(C(=O)C(F)(F)F)CCCCC1. The van der Waals surface area contributed by atoms with Crippen LogP contribution < -0.4 is 15.6 Å². The Morgan fingerprint density at radius 1 is 1.08 bits per heavy atom. The first kappa shape index (κ1) is 18.8. The van der Waals surface area contributed by atoms with Crippen LogP contribution in [-0.4, -0.2) is 25.0 Å². The lowest BCUT2D eigenvalue weighted by Crippen LogP contribution is -2.39. The van der Waals surface area contributed by atoms with E-state index >= 15 is 0 Å². The Morgan fingerprint density at radius 3 is 2.44 bits per heavy atom. The third-order valence-corrected chi connectivity index (χ3v) is 3.93. The summed E-state index contributed by atoms with van der Waals surface area (Å²) < 4.78 is 43.4. The van der Waals surface area contributed by atoms with Crippen molar-refractivity contribution in [2.24, 2.45) is 0 Å². The van der Waals surface area contributed by atoms with Crippen molar-refractivity contribution in [3.8, 4) is 5.75 Å². The molecule has 0 saturated carbocycles. The van der Waals surface area contributed by atoms with E-state index in [1.165, 1.54) is 13.2 Å². The molecule has 1 aliphatic rings. The number of ether oxygens (including phenoxy) is 1. The predicted octanol–water partition coefficient (Wildman–Crippen LogP) is 3.28. The van der Waals surface area contributed by atoms with Gasteiger partial charge in [-0.25, -0.2) is 0 Å². The first-order valence-corrected chi connectivity index (χ1v) is 7.87. The van der Waals surface area contributed by atoms with Crippen LogP contribution in [0.4, 0.5) is 13.2 Å². The number of halogens is 3. The number of hydrogen-bond acceptors (Lipinski definition) is 4. The van der Waals surface area contributed by atoms with Crippen molar-refractivity contribution < 1.29 is 27.5 Å². The lowest BCUT2D eigenvalue weighted by atomic mass is 10.0. The van der Waals surface area contributed by atoms with Gasteiger partial charge in [-0.15, -0.1) is 0 Å². The average Bonchev–Trinajstić information content (AvgIpc) is 2.83. The highest BCUT2D eigenvalue weighted by atomic mass is 19.4. The van der Waals surface area contributed by atoms with Crippen LogP contribution in [0, 0.1) is 0 Å². The molecule has 0 fully saturated rings. The molecule has 5 nitrogen and oxygen atoms in total. The summed E-state index contributed by atoms with van der Waals surface area (Å²) in [5.41, 5.74) is 4.91. The van der Waals surface area contributed by atoms with Crippen LogP contribution in [0.5, 0.6) is 5.75 Å². The van der Waals surface area contributed by atoms with Gasteiger partial charge in [0.15, 0.2) is 0 Å². The summed E-state index contributed by atoms with van der Waals surface area (Å²) in [5, 5.41) is 0. The van der Waals surface area contributed by atoms with Crippen molar-refractivity contribution in [3.63, 3.8) is 0 Å². The molecule has 0 aromatic heterocycles. The second-order valence-corrected chi connectivity index (χ2v) is 5.62. The minimum Gasteiger partial charge on any atom is -0.496 e. The number of benzene rings is 1. The molecule has 0 radical (unpaired) electrons. The number of carbonyl (C=O) groups is 2. The fraction of sp³-hybridized carbons (Fsp3) is 0.412. The highest BCUT2D eigenvalue weighted by molar-refractivity contribution is 6.00. The van der Waals surface area contributed by atoms with E-state index in [1.807, 2.05) is 0 Å². The van der Waals surface area contributed by atoms with Crippen LogP contribution in [0.3, 0.4) is 0 Å². The van der Waals surface area contributed by atoms with E-state index in [-0.39, 0.29) is 29.7 Å². The van der Waals surface area contributed by atoms with Gasteiger partial charge < -0.3 is 10.2 Å². The lowest BCUT2D eigenvalue weighted by Gasteiger charge is -2.17. The van der Waals surface area contributed by atoms with Gasteiger partial charge in [0, 0.05) is 11.3 Å². The molecule has 0 spiro atoms. The topological polar surface area (TPSA) is 67.4 Å². The molecule has 1 aromatic rings. The number of rotatable bonds is 5. The van der Waals surface area contributed by atoms with Gasteiger partial charge in [-0.1, -0.05) is 18.6 Å². The van der Waals surface area contributed by atoms with Crippen molar-refractivity contribution in [1.29, 1.82) is 0 Å². The molecule has 0 heterocycles. The fourth-order valence-electron chi connectivity index (χ4n) is 2.67. The van der Waals surface area contributed by atoms with E-state index in [2.05, 4.69) is 10.9 Å². The number of carbonyl (C=O) groups excluding carboxylic acids is 2. The van der Waals surface area contributed by atoms with Gasteiger partial charge in [-0.2, -0.15) is 13.2 Å². The van der Waals surface area contributed by atoms with Gasteiger partial charge in [0.25, 0.3) is 11.7 Å². The van der Waals surface area contributed by atoms with E-state index < -0.39 is 17.9 Å². The zero-order chi connectivity index (χ0) is 18.4. The largest absolute Gasteiger partial charge is 0.496 e. The summed E-state index contributed by atoms with van der Waals surface area (Å²) in [7, 11) is 1.41. The van der Waals surface area contributed by atoms with Crippen LogP contribution in [0.1, 0.15) is 42.5 Å². The molecule has 0 bridgehead atoms. The van der Waals surface area contributed by atoms with E-state index in [0.717, 1.165) is 6.42 Å². The van der Waals surface area contributed by atoms with Gasteiger partial charge in [-0.05, 0) is 37.8 Å². The monoisotopic (exact) mass is 356 g/mol. The van der Waals surface area contributed by atoms with Gasteiger partial charge in [-0.3, -0.25) is 15.0 Å². The second-order valence-electron chi connectivity index (χ2n) is 5.62. The molecule has 2 N–H and O–H groups in total. The van der Waals surface area contributed by atoms with Crippen LogP contribution in [-0.2, 0) is 4.79 Å². The molecule has 1 amide bonds. The smallest absolute Gasteiger partial charge is 0.454 e. The Balaban J connectivity index is 2.18. The van der Waals surface area contributed by atoms with Gasteiger partial charge >= 0.3 is 6.18 Å². The van der Waals surface area contributed by atoms with Gasteiger partial charge in [0.05, 0.1) is 12.7 Å². The zero-order valence-electron chi connectivity index (χ0n) is 13.7. The molecule has 0 saturated heterocycles. The van der Waals surface area contributed by atoms with Crippen LogP contribution in [0.25, 0.3) is 0 Å². The van der Waals surface area contributed by atoms with Crippen molar-refractivity contribution >= 4 is 11.7 Å². The van der Waals surface area contributed by atoms with Crippen LogP contribution in [0.2, 0.25) is 0 Å². The van der Waals surface area contributed by atoms with Crippen molar-refractivity contribution in [1.82, 2.24) is 10.9 Å². The minimum absolute atomic E-state index is 0.0329. The molecule has 0 atom stereocenters. The van der Waals surface area contributed by atoms with E-state index in [1.54, 1.807) is 18.2 Å². The number of amides is 1. The molecule has 2 rings (SSSR count). The summed E-state index contributed by atoms with van der Waals surface area (Å²) >= 11 is 0. The summed E-state index contributed by atoms with van der Waals surface area (Å²) in [6.45, 7) is 0. The summed E-state index contributed by atoms with van der Waals surface area (Å²) in [5.74, 6) is -2.08. The number of nitrogens with one attached hydrogen (secondary N) is 2. The molecular weight excluding hydrogens is 337 g/mol. The van der Waals surface area contributed by atoms with Crippen molar-refractivity contribution in [2.75, 3.05) is 7.11 Å². The third kappa shape index (κ3) is 4.74. The highest BCUT2D eigenvalue weighted by Gasteiger charge is 2.41. The Morgan fingerprint density at radius 2 is 1.76 bits per heavy atom. The van der Waals surface area contributed by atoms with E-state index in [4.69, 9.17) is 4.74 Å². The van der Waals surface area contributed by atoms with E-state index in [9.17, 15) is 22.8 Å². The zero-order valence-corrected chi connectivity index (χ0v) is 13.7. The minimum atomic E-state index is -4.93. The maximum atomic E-state index is 12.8. The van der Waals surface area contributed by atoms with Crippen LogP contribution >= 0.6 is 0 Å². The first-order valence-electron chi connectivity index (χ1n) is 7.87. The molecule has 1 aromatic carbocycles. The maximum absolute atomic E-state index is 12.8. The molecule has 0 unspecified atom stereocenters.